The highest BCUT2D eigenvalue weighted by molar-refractivity contribution is 8.15. The van der Waals surface area contributed by atoms with E-state index < -0.39 is 0 Å². The van der Waals surface area contributed by atoms with Crippen molar-refractivity contribution in [1.29, 1.82) is 0 Å². The van der Waals surface area contributed by atoms with Crippen LogP contribution >= 0.6 is 11.8 Å². The first-order chi connectivity index (χ1) is 13.9. The number of aromatic nitrogens is 1. The molecule has 2 amide bonds. The van der Waals surface area contributed by atoms with E-state index in [0.717, 1.165) is 34.3 Å². The summed E-state index contributed by atoms with van der Waals surface area (Å²) in [4.78, 5) is 38.3. The molecule has 2 unspecified atom stereocenters. The second kappa shape index (κ2) is 9.56. The summed E-state index contributed by atoms with van der Waals surface area (Å²) in [5.41, 5.74) is 2.70. The number of rotatable bonds is 8. The lowest BCUT2D eigenvalue weighted by molar-refractivity contribution is -0.145. The van der Waals surface area contributed by atoms with Crippen molar-refractivity contribution in [2.45, 2.75) is 38.0 Å². The predicted molar refractivity (Wildman–Crippen MR) is 109 cm³/mol. The van der Waals surface area contributed by atoms with E-state index in [2.05, 4.69) is 10.3 Å². The van der Waals surface area contributed by atoms with Crippen LogP contribution in [-0.2, 0) is 27.2 Å². The Bertz CT molecular complexity index is 883. The molecule has 2 heterocycles. The Morgan fingerprint density at radius 1 is 1.21 bits per heavy atom. The van der Waals surface area contributed by atoms with E-state index in [0.29, 0.717) is 19.4 Å². The number of hydrogen-bond donors (Lipinski definition) is 1. The van der Waals surface area contributed by atoms with Crippen molar-refractivity contribution in [3.8, 4) is 5.75 Å². The van der Waals surface area contributed by atoms with Gasteiger partial charge in [0.05, 0.1) is 11.9 Å². The number of esters is 1. The van der Waals surface area contributed by atoms with Crippen molar-refractivity contribution in [2.24, 2.45) is 0 Å². The van der Waals surface area contributed by atoms with Crippen molar-refractivity contribution in [3.63, 3.8) is 0 Å². The van der Waals surface area contributed by atoms with E-state index in [-0.39, 0.29) is 28.5 Å². The van der Waals surface area contributed by atoms with E-state index in [9.17, 15) is 14.4 Å². The van der Waals surface area contributed by atoms with Gasteiger partial charge >= 0.3 is 5.97 Å². The van der Waals surface area contributed by atoms with Crippen LogP contribution in [0.1, 0.15) is 36.8 Å². The zero-order chi connectivity index (χ0) is 20.8. The predicted octanol–water partition coefficient (Wildman–Crippen LogP) is 3.22. The van der Waals surface area contributed by atoms with Crippen LogP contribution in [0.2, 0.25) is 0 Å². The van der Waals surface area contributed by atoms with Crippen molar-refractivity contribution in [1.82, 2.24) is 10.3 Å². The molecule has 152 valence electrons. The fraction of sp³-hybridized carbons (Fsp3) is 0.333. The average Bonchev–Trinajstić information content (AvgIpc) is 3.00. The van der Waals surface area contributed by atoms with E-state index >= 15 is 0 Å². The lowest BCUT2D eigenvalue weighted by Gasteiger charge is -2.12. The average molecular weight is 414 g/mol. The van der Waals surface area contributed by atoms with Crippen LogP contribution in [0.5, 0.6) is 5.75 Å². The van der Waals surface area contributed by atoms with Gasteiger partial charge in [-0.2, -0.15) is 0 Å². The van der Waals surface area contributed by atoms with E-state index in [1.165, 1.54) is 6.92 Å². The fourth-order valence-corrected chi connectivity index (χ4v) is 3.74. The Morgan fingerprint density at radius 2 is 1.97 bits per heavy atom. The van der Waals surface area contributed by atoms with Gasteiger partial charge < -0.3 is 9.47 Å². The van der Waals surface area contributed by atoms with Gasteiger partial charge in [0.25, 0.3) is 5.24 Å². The molecule has 0 spiro atoms. The van der Waals surface area contributed by atoms with Crippen LogP contribution in [0.25, 0.3) is 0 Å². The number of benzene rings is 1. The molecule has 8 heteroatoms. The zero-order valence-corrected chi connectivity index (χ0v) is 17.0. The molecule has 1 aliphatic rings. The molecule has 1 aromatic carbocycles. The minimum Gasteiger partial charge on any atom is -0.493 e. The number of pyridine rings is 1. The summed E-state index contributed by atoms with van der Waals surface area (Å²) in [6, 6.07) is 11.3. The SMILES string of the molecule is CC(=O)OC(C)c1ccc(CCOc2ccc(CC3SC(=O)NC3=O)cc2)nc1. The summed E-state index contributed by atoms with van der Waals surface area (Å²) in [7, 11) is 0. The molecule has 1 fully saturated rings. The van der Waals surface area contributed by atoms with Gasteiger partial charge in [0, 0.05) is 30.8 Å². The van der Waals surface area contributed by atoms with Crippen molar-refractivity contribution >= 4 is 28.9 Å². The molecule has 1 aromatic heterocycles. The summed E-state index contributed by atoms with van der Waals surface area (Å²) in [6.07, 6.45) is 2.53. The molecule has 0 bridgehead atoms. The van der Waals surface area contributed by atoms with Crippen LogP contribution in [0.3, 0.4) is 0 Å². The summed E-state index contributed by atoms with van der Waals surface area (Å²) in [5, 5.41) is 1.63. The minimum atomic E-state index is -0.369. The number of carbonyl (C=O) groups excluding carboxylic acids is 3. The Labute approximate surface area is 173 Å². The molecule has 7 nitrogen and oxygen atoms in total. The summed E-state index contributed by atoms with van der Waals surface area (Å²) in [5.74, 6) is 0.175. The number of thioether (sulfide) groups is 1. The zero-order valence-electron chi connectivity index (χ0n) is 16.2. The molecular formula is C21H22N2O5S. The number of nitrogens with zero attached hydrogens (tertiary/aromatic N) is 1. The first kappa shape index (κ1) is 20.9. The van der Waals surface area contributed by atoms with Crippen molar-refractivity contribution < 1.29 is 23.9 Å². The van der Waals surface area contributed by atoms with Crippen LogP contribution in [0.15, 0.2) is 42.6 Å². The Kier molecular flexibility index (Phi) is 6.87. The van der Waals surface area contributed by atoms with Crippen LogP contribution in [0.4, 0.5) is 4.79 Å². The third-order valence-electron chi connectivity index (χ3n) is 4.40. The molecule has 3 rings (SSSR count). The molecule has 0 aliphatic carbocycles. The lowest BCUT2D eigenvalue weighted by Crippen LogP contribution is -2.25. The first-order valence-electron chi connectivity index (χ1n) is 9.26. The quantitative estimate of drug-likeness (QED) is 0.663. The maximum Gasteiger partial charge on any atom is 0.303 e. The highest BCUT2D eigenvalue weighted by atomic mass is 32.2. The van der Waals surface area contributed by atoms with E-state index in [1.807, 2.05) is 36.4 Å². The van der Waals surface area contributed by atoms with Gasteiger partial charge in [-0.3, -0.25) is 24.7 Å². The second-order valence-corrected chi connectivity index (χ2v) is 7.84. The lowest BCUT2D eigenvalue weighted by atomic mass is 10.1. The van der Waals surface area contributed by atoms with E-state index in [4.69, 9.17) is 9.47 Å². The third kappa shape index (κ3) is 6.05. The molecule has 1 saturated heterocycles. The molecular weight excluding hydrogens is 392 g/mol. The molecule has 0 radical (unpaired) electrons. The number of amides is 2. The minimum absolute atomic E-state index is 0.235. The number of carbonyl (C=O) groups is 3. The topological polar surface area (TPSA) is 94.6 Å². The largest absolute Gasteiger partial charge is 0.493 e. The normalized spacial score (nSPS) is 17.0. The molecule has 1 N–H and O–H groups in total. The van der Waals surface area contributed by atoms with Gasteiger partial charge in [-0.05, 0) is 37.1 Å². The van der Waals surface area contributed by atoms with Crippen LogP contribution < -0.4 is 10.1 Å². The molecule has 0 saturated carbocycles. The van der Waals surface area contributed by atoms with Crippen molar-refractivity contribution in [3.05, 3.63) is 59.4 Å². The van der Waals surface area contributed by atoms with Gasteiger partial charge in [-0.25, -0.2) is 0 Å². The maximum atomic E-state index is 11.6. The fourth-order valence-electron chi connectivity index (χ4n) is 2.88. The second-order valence-electron chi connectivity index (χ2n) is 6.66. The van der Waals surface area contributed by atoms with Crippen molar-refractivity contribution in [2.75, 3.05) is 6.61 Å². The Morgan fingerprint density at radius 3 is 2.55 bits per heavy atom. The number of imide groups is 1. The third-order valence-corrected chi connectivity index (χ3v) is 5.38. The van der Waals surface area contributed by atoms with Crippen LogP contribution in [-0.4, -0.2) is 34.0 Å². The van der Waals surface area contributed by atoms with Gasteiger partial charge in [-0.15, -0.1) is 0 Å². The number of nitrogens with one attached hydrogen (secondary N) is 1. The first-order valence-corrected chi connectivity index (χ1v) is 10.1. The summed E-state index contributed by atoms with van der Waals surface area (Å²) >= 11 is 1.03. The smallest absolute Gasteiger partial charge is 0.303 e. The summed E-state index contributed by atoms with van der Waals surface area (Å²) in [6.45, 7) is 3.66. The highest BCUT2D eigenvalue weighted by Gasteiger charge is 2.31. The monoisotopic (exact) mass is 414 g/mol. The molecule has 2 atom stereocenters. The molecule has 2 aromatic rings. The van der Waals surface area contributed by atoms with Gasteiger partial charge in [0.2, 0.25) is 5.91 Å². The standard InChI is InChI=1S/C21H22N2O5S/c1-13(28-14(2)24)16-5-6-17(22-12-16)9-10-27-18-7-3-15(4-8-18)11-19-20(25)23-21(26)29-19/h3-8,12-13,19H,9-11H2,1-2H3,(H,23,25,26). The van der Waals surface area contributed by atoms with Gasteiger partial charge in [0.15, 0.2) is 0 Å². The number of ether oxygens (including phenoxy) is 2. The van der Waals surface area contributed by atoms with Crippen LogP contribution in [0, 0.1) is 0 Å². The van der Waals surface area contributed by atoms with Gasteiger partial charge in [0.1, 0.15) is 11.9 Å². The number of hydrogen-bond acceptors (Lipinski definition) is 7. The Balaban J connectivity index is 1.45. The highest BCUT2D eigenvalue weighted by Crippen LogP contribution is 2.24. The molecule has 29 heavy (non-hydrogen) atoms. The summed E-state index contributed by atoms with van der Waals surface area (Å²) < 4.78 is 10.9. The van der Waals surface area contributed by atoms with E-state index in [1.54, 1.807) is 13.1 Å². The van der Waals surface area contributed by atoms with Gasteiger partial charge in [-0.1, -0.05) is 30.0 Å². The Hall–Kier alpha value is -2.87. The molecule has 1 aliphatic heterocycles. The maximum absolute atomic E-state index is 11.6.